The first kappa shape index (κ1) is 19.5. The largest absolute Gasteiger partial charge is 0.497 e. The van der Waals surface area contributed by atoms with Gasteiger partial charge in [0.2, 0.25) is 0 Å². The molecule has 3 heterocycles. The standard InChI is InChI=1S/C22H28N6OS/c1-14-21(19-9-10-28(27-19)13-15-3-4-15)30-22(25-14)23-11-17-12-24-26-20(17)16-5-7-18(29-2)8-6-16/h5-10,15,17,20,24,26H,3-4,11-13H2,1-2H3,(H,23,25). The topological polar surface area (TPSA) is 76.0 Å². The van der Waals surface area contributed by atoms with Crippen molar-refractivity contribution in [3.8, 4) is 16.3 Å². The molecule has 1 saturated heterocycles. The van der Waals surface area contributed by atoms with Gasteiger partial charge in [0, 0.05) is 31.7 Å². The third kappa shape index (κ3) is 4.21. The summed E-state index contributed by atoms with van der Waals surface area (Å²) in [7, 11) is 1.69. The summed E-state index contributed by atoms with van der Waals surface area (Å²) in [6, 6.07) is 10.6. The van der Waals surface area contributed by atoms with E-state index in [0.29, 0.717) is 5.92 Å². The minimum absolute atomic E-state index is 0.252. The fourth-order valence-corrected chi connectivity index (χ4v) is 4.91. The molecule has 2 unspecified atom stereocenters. The Morgan fingerprint density at radius 3 is 2.83 bits per heavy atom. The maximum Gasteiger partial charge on any atom is 0.183 e. The normalized spacial score (nSPS) is 21.1. The first-order valence-corrected chi connectivity index (χ1v) is 11.4. The van der Waals surface area contributed by atoms with Gasteiger partial charge in [-0.1, -0.05) is 23.5 Å². The van der Waals surface area contributed by atoms with Crippen LogP contribution in [0.3, 0.4) is 0 Å². The van der Waals surface area contributed by atoms with Crippen LogP contribution in [0.4, 0.5) is 5.13 Å². The number of anilines is 1. The number of rotatable bonds is 8. The van der Waals surface area contributed by atoms with Crippen molar-refractivity contribution >= 4 is 16.5 Å². The maximum atomic E-state index is 5.28. The highest BCUT2D eigenvalue weighted by Crippen LogP contribution is 2.34. The van der Waals surface area contributed by atoms with Crippen LogP contribution in [0.2, 0.25) is 0 Å². The zero-order chi connectivity index (χ0) is 20.5. The van der Waals surface area contributed by atoms with Gasteiger partial charge in [0.25, 0.3) is 0 Å². The number of hydrogen-bond donors (Lipinski definition) is 3. The van der Waals surface area contributed by atoms with Gasteiger partial charge in [-0.25, -0.2) is 10.4 Å². The number of aromatic nitrogens is 3. The van der Waals surface area contributed by atoms with Gasteiger partial charge in [-0.2, -0.15) is 5.10 Å². The van der Waals surface area contributed by atoms with Crippen LogP contribution in [0.1, 0.15) is 30.1 Å². The van der Waals surface area contributed by atoms with Gasteiger partial charge >= 0.3 is 0 Å². The van der Waals surface area contributed by atoms with Crippen LogP contribution in [0, 0.1) is 18.8 Å². The summed E-state index contributed by atoms with van der Waals surface area (Å²) in [5.41, 5.74) is 10.0. The number of aryl methyl sites for hydroxylation is 1. The average Bonchev–Trinajstić information content (AvgIpc) is 3.14. The number of nitrogens with one attached hydrogen (secondary N) is 3. The molecule has 1 saturated carbocycles. The molecule has 0 bridgehead atoms. The van der Waals surface area contributed by atoms with E-state index in [1.807, 2.05) is 12.1 Å². The molecule has 2 fully saturated rings. The summed E-state index contributed by atoms with van der Waals surface area (Å²) in [4.78, 5) is 5.91. The van der Waals surface area contributed by atoms with Gasteiger partial charge in [0.15, 0.2) is 5.13 Å². The fraction of sp³-hybridized carbons (Fsp3) is 0.455. The number of hydrogen-bond acceptors (Lipinski definition) is 7. The minimum atomic E-state index is 0.252. The quantitative estimate of drug-likeness (QED) is 0.513. The van der Waals surface area contributed by atoms with E-state index >= 15 is 0 Å². The summed E-state index contributed by atoms with van der Waals surface area (Å²) in [6.07, 6.45) is 4.77. The zero-order valence-electron chi connectivity index (χ0n) is 17.4. The lowest BCUT2D eigenvalue weighted by Crippen LogP contribution is -2.26. The lowest BCUT2D eigenvalue weighted by molar-refractivity contribution is 0.414. The molecule has 1 aliphatic carbocycles. The Morgan fingerprint density at radius 2 is 2.07 bits per heavy atom. The molecular weight excluding hydrogens is 396 g/mol. The summed E-state index contributed by atoms with van der Waals surface area (Å²) in [5.74, 6) is 2.12. The summed E-state index contributed by atoms with van der Waals surface area (Å²) >= 11 is 1.69. The average molecular weight is 425 g/mol. The van der Waals surface area contributed by atoms with E-state index in [1.165, 1.54) is 18.4 Å². The van der Waals surface area contributed by atoms with Crippen LogP contribution in [0.5, 0.6) is 5.75 Å². The van der Waals surface area contributed by atoms with Gasteiger partial charge < -0.3 is 10.1 Å². The van der Waals surface area contributed by atoms with Crippen molar-refractivity contribution in [1.82, 2.24) is 25.6 Å². The fourth-order valence-electron chi connectivity index (χ4n) is 3.97. The number of hydrazine groups is 1. The molecule has 30 heavy (non-hydrogen) atoms. The molecule has 2 aromatic heterocycles. The summed E-state index contributed by atoms with van der Waals surface area (Å²) in [5, 5.41) is 9.28. The van der Waals surface area contributed by atoms with Crippen molar-refractivity contribution < 1.29 is 4.74 Å². The predicted molar refractivity (Wildman–Crippen MR) is 120 cm³/mol. The zero-order valence-corrected chi connectivity index (χ0v) is 18.2. The molecule has 1 aromatic carbocycles. The highest BCUT2D eigenvalue weighted by Gasteiger charge is 2.28. The molecule has 7 nitrogen and oxygen atoms in total. The van der Waals surface area contributed by atoms with Crippen LogP contribution in [0.25, 0.3) is 10.6 Å². The first-order chi connectivity index (χ1) is 14.7. The molecule has 0 amide bonds. The highest BCUT2D eigenvalue weighted by molar-refractivity contribution is 7.19. The second kappa shape index (κ2) is 8.37. The molecular formula is C22H28N6OS. The Labute approximate surface area is 180 Å². The number of thiazole rings is 1. The Hall–Kier alpha value is -2.42. The molecule has 1 aliphatic heterocycles. The van der Waals surface area contributed by atoms with E-state index in [9.17, 15) is 0 Å². The van der Waals surface area contributed by atoms with Gasteiger partial charge in [-0.15, -0.1) is 0 Å². The molecule has 0 spiro atoms. The second-order valence-corrected chi connectivity index (χ2v) is 9.22. The SMILES string of the molecule is COc1ccc(C2NNCC2CNc2nc(C)c(-c3ccn(CC4CC4)n3)s2)cc1. The van der Waals surface area contributed by atoms with Crippen LogP contribution < -0.4 is 20.9 Å². The van der Waals surface area contributed by atoms with Crippen LogP contribution in [-0.4, -0.2) is 35.0 Å². The Balaban J connectivity index is 1.23. The highest BCUT2D eigenvalue weighted by atomic mass is 32.1. The monoisotopic (exact) mass is 424 g/mol. The number of nitrogens with zero attached hydrogens (tertiary/aromatic N) is 3. The second-order valence-electron chi connectivity index (χ2n) is 8.22. The Morgan fingerprint density at radius 1 is 1.23 bits per heavy atom. The predicted octanol–water partition coefficient (Wildman–Crippen LogP) is 3.61. The molecule has 5 rings (SSSR count). The molecule has 3 aromatic rings. The van der Waals surface area contributed by atoms with Crippen LogP contribution in [0.15, 0.2) is 36.5 Å². The molecule has 2 aliphatic rings. The van der Waals surface area contributed by atoms with E-state index in [1.54, 1.807) is 18.4 Å². The number of benzene rings is 1. The Bertz CT molecular complexity index is 993. The van der Waals surface area contributed by atoms with Gasteiger partial charge in [-0.05, 0) is 49.4 Å². The van der Waals surface area contributed by atoms with E-state index in [-0.39, 0.29) is 6.04 Å². The number of methoxy groups -OCH3 is 1. The smallest absolute Gasteiger partial charge is 0.183 e. The number of ether oxygens (including phenoxy) is 1. The van der Waals surface area contributed by atoms with Gasteiger partial charge in [-0.3, -0.25) is 10.1 Å². The maximum absolute atomic E-state index is 5.28. The third-order valence-electron chi connectivity index (χ3n) is 5.90. The summed E-state index contributed by atoms with van der Waals surface area (Å²) in [6.45, 7) is 4.86. The van der Waals surface area contributed by atoms with Crippen molar-refractivity contribution in [2.24, 2.45) is 11.8 Å². The molecule has 158 valence electrons. The Kier molecular flexibility index (Phi) is 5.45. The van der Waals surface area contributed by atoms with Gasteiger partial charge in [0.1, 0.15) is 11.4 Å². The van der Waals surface area contributed by atoms with E-state index in [0.717, 1.165) is 52.7 Å². The van der Waals surface area contributed by atoms with Gasteiger partial charge in [0.05, 0.1) is 23.7 Å². The van der Waals surface area contributed by atoms with Crippen molar-refractivity contribution in [2.45, 2.75) is 32.4 Å². The van der Waals surface area contributed by atoms with Crippen molar-refractivity contribution in [3.63, 3.8) is 0 Å². The van der Waals surface area contributed by atoms with Crippen molar-refractivity contribution in [3.05, 3.63) is 47.8 Å². The summed E-state index contributed by atoms with van der Waals surface area (Å²) < 4.78 is 7.35. The van der Waals surface area contributed by atoms with E-state index in [2.05, 4.69) is 52.2 Å². The molecule has 2 atom stereocenters. The lowest BCUT2D eigenvalue weighted by Gasteiger charge is -2.19. The van der Waals surface area contributed by atoms with Crippen molar-refractivity contribution in [1.29, 1.82) is 0 Å². The minimum Gasteiger partial charge on any atom is -0.497 e. The van der Waals surface area contributed by atoms with Crippen LogP contribution in [-0.2, 0) is 6.54 Å². The molecule has 8 heteroatoms. The first-order valence-electron chi connectivity index (χ1n) is 10.6. The van der Waals surface area contributed by atoms with Crippen molar-refractivity contribution in [2.75, 3.05) is 25.5 Å². The van der Waals surface area contributed by atoms with E-state index in [4.69, 9.17) is 14.8 Å². The molecule has 0 radical (unpaired) electrons. The lowest BCUT2D eigenvalue weighted by atomic mass is 9.95. The van der Waals surface area contributed by atoms with E-state index < -0.39 is 0 Å². The molecule has 3 N–H and O–H groups in total. The third-order valence-corrected chi connectivity index (χ3v) is 7.03. The van der Waals surface area contributed by atoms with Crippen LogP contribution >= 0.6 is 11.3 Å².